The zero-order valence-electron chi connectivity index (χ0n) is 14.9. The van der Waals surface area contributed by atoms with E-state index in [-0.39, 0.29) is 11.9 Å². The second-order valence-electron chi connectivity index (χ2n) is 6.65. The van der Waals surface area contributed by atoms with Crippen LogP contribution in [0.5, 0.6) is 0 Å². The van der Waals surface area contributed by atoms with E-state index in [1.165, 1.54) is 17.8 Å². The number of rotatable bonds is 6. The topological polar surface area (TPSA) is 41.5 Å². The molecule has 0 radical (unpaired) electrons. The summed E-state index contributed by atoms with van der Waals surface area (Å²) in [6.07, 6.45) is 5.30. The van der Waals surface area contributed by atoms with Crippen molar-refractivity contribution in [3.8, 4) is 0 Å². The third kappa shape index (κ3) is 5.21. The molecule has 0 spiro atoms. The van der Waals surface area contributed by atoms with Crippen LogP contribution in [0.1, 0.15) is 17.7 Å². The smallest absolute Gasteiger partial charge is 0.141 e. The molecule has 3 heterocycles. The predicted molar refractivity (Wildman–Crippen MR) is 96.1 cm³/mol. The highest BCUT2D eigenvalue weighted by Gasteiger charge is 2.20. The molecule has 0 aromatic carbocycles. The molecule has 2 aromatic rings. The van der Waals surface area contributed by atoms with Gasteiger partial charge in [-0.1, -0.05) is 0 Å². The minimum Gasteiger partial charge on any atom is -0.376 e. The quantitative estimate of drug-likeness (QED) is 0.805. The number of hydrogen-bond acceptors (Lipinski definition) is 5. The highest BCUT2D eigenvalue weighted by Crippen LogP contribution is 2.16. The van der Waals surface area contributed by atoms with Gasteiger partial charge in [0.05, 0.1) is 24.6 Å². The number of aryl methyl sites for hydroxylation is 1. The van der Waals surface area contributed by atoms with Crippen molar-refractivity contribution in [3.05, 3.63) is 53.7 Å². The Morgan fingerprint density at radius 3 is 2.92 bits per heavy atom. The van der Waals surface area contributed by atoms with Gasteiger partial charge in [-0.2, -0.15) is 0 Å². The predicted octanol–water partition coefficient (Wildman–Crippen LogP) is 2.52. The summed E-state index contributed by atoms with van der Waals surface area (Å²) < 4.78 is 18.9. The van der Waals surface area contributed by atoms with Crippen LogP contribution in [0, 0.1) is 5.82 Å². The van der Waals surface area contributed by atoms with Crippen molar-refractivity contribution in [1.29, 1.82) is 0 Å². The number of morpholine rings is 1. The van der Waals surface area contributed by atoms with E-state index in [4.69, 9.17) is 4.74 Å². The Labute approximate surface area is 148 Å². The minimum atomic E-state index is -0.293. The van der Waals surface area contributed by atoms with Gasteiger partial charge in [0.2, 0.25) is 0 Å². The van der Waals surface area contributed by atoms with Gasteiger partial charge >= 0.3 is 0 Å². The van der Waals surface area contributed by atoms with Crippen LogP contribution < -0.4 is 4.90 Å². The van der Waals surface area contributed by atoms with Gasteiger partial charge in [0.25, 0.3) is 0 Å². The lowest BCUT2D eigenvalue weighted by Gasteiger charge is -2.32. The lowest BCUT2D eigenvalue weighted by Crippen LogP contribution is -2.42. The number of anilines is 1. The lowest BCUT2D eigenvalue weighted by molar-refractivity contribution is -0.0349. The largest absolute Gasteiger partial charge is 0.376 e. The van der Waals surface area contributed by atoms with E-state index in [1.807, 2.05) is 25.2 Å². The van der Waals surface area contributed by atoms with Gasteiger partial charge in [0.15, 0.2) is 0 Å². The third-order valence-electron chi connectivity index (χ3n) is 4.42. The monoisotopic (exact) mass is 344 g/mol. The van der Waals surface area contributed by atoms with Crippen molar-refractivity contribution in [2.45, 2.75) is 25.5 Å². The van der Waals surface area contributed by atoms with Crippen LogP contribution in [0.25, 0.3) is 0 Å². The maximum Gasteiger partial charge on any atom is 0.141 e. The molecule has 0 saturated carbocycles. The van der Waals surface area contributed by atoms with Gasteiger partial charge < -0.3 is 9.64 Å². The molecule has 25 heavy (non-hydrogen) atoms. The molecule has 5 nitrogen and oxygen atoms in total. The van der Waals surface area contributed by atoms with Crippen LogP contribution in [0.3, 0.4) is 0 Å². The van der Waals surface area contributed by atoms with E-state index in [1.54, 1.807) is 6.07 Å². The summed E-state index contributed by atoms with van der Waals surface area (Å²) in [5, 5.41) is 0. The van der Waals surface area contributed by atoms with Crippen LogP contribution in [-0.4, -0.2) is 54.8 Å². The van der Waals surface area contributed by atoms with Crippen LogP contribution >= 0.6 is 0 Å². The molecular weight excluding hydrogens is 319 g/mol. The summed E-state index contributed by atoms with van der Waals surface area (Å²) in [5.41, 5.74) is 2.17. The standard InChI is InChI=1S/C19H25FN4O/c1-23(2)19-11-15(7-8-21-19)3-6-18-14-24(9-10-25-18)13-17-5-4-16(20)12-22-17/h4-5,7-8,11-12,18H,3,6,9-10,13-14H2,1-2H3/t18-/m1/s1. The number of halogens is 1. The first-order chi connectivity index (χ1) is 12.1. The maximum atomic E-state index is 13.0. The van der Waals surface area contributed by atoms with Crippen molar-refractivity contribution in [2.75, 3.05) is 38.7 Å². The summed E-state index contributed by atoms with van der Waals surface area (Å²) in [6.45, 7) is 3.23. The molecule has 1 atom stereocenters. The number of ether oxygens (including phenoxy) is 1. The molecule has 0 unspecified atom stereocenters. The summed E-state index contributed by atoms with van der Waals surface area (Å²) in [5.74, 6) is 0.684. The number of pyridine rings is 2. The molecule has 3 rings (SSSR count). The van der Waals surface area contributed by atoms with Crippen molar-refractivity contribution in [2.24, 2.45) is 0 Å². The van der Waals surface area contributed by atoms with Gasteiger partial charge in [-0.15, -0.1) is 0 Å². The highest BCUT2D eigenvalue weighted by molar-refractivity contribution is 5.39. The molecule has 0 N–H and O–H groups in total. The van der Waals surface area contributed by atoms with Gasteiger partial charge in [-0.05, 0) is 42.7 Å². The first-order valence-electron chi connectivity index (χ1n) is 8.67. The lowest BCUT2D eigenvalue weighted by atomic mass is 10.1. The first-order valence-corrected chi connectivity index (χ1v) is 8.67. The Hall–Kier alpha value is -2.05. The van der Waals surface area contributed by atoms with Crippen molar-refractivity contribution >= 4 is 5.82 Å². The normalized spacial score (nSPS) is 18.3. The summed E-state index contributed by atoms with van der Waals surface area (Å²) in [6, 6.07) is 7.41. The van der Waals surface area contributed by atoms with Crippen LogP contribution in [0.4, 0.5) is 10.2 Å². The van der Waals surface area contributed by atoms with Gasteiger partial charge in [-0.3, -0.25) is 9.88 Å². The Bertz CT molecular complexity index is 677. The van der Waals surface area contributed by atoms with Crippen LogP contribution in [-0.2, 0) is 17.7 Å². The molecule has 1 aliphatic heterocycles. The Balaban J connectivity index is 1.51. The fourth-order valence-electron chi connectivity index (χ4n) is 3.02. The van der Waals surface area contributed by atoms with Gasteiger partial charge in [0, 0.05) is 39.9 Å². The molecule has 0 bridgehead atoms. The number of hydrogen-bond donors (Lipinski definition) is 0. The molecule has 0 aliphatic carbocycles. The first kappa shape index (κ1) is 17.8. The Kier molecular flexibility index (Phi) is 5.94. The average molecular weight is 344 g/mol. The fraction of sp³-hybridized carbons (Fsp3) is 0.474. The molecular formula is C19H25FN4O. The molecule has 0 amide bonds. The number of aromatic nitrogens is 2. The minimum absolute atomic E-state index is 0.213. The second-order valence-corrected chi connectivity index (χ2v) is 6.65. The molecule has 1 aliphatic rings. The Morgan fingerprint density at radius 1 is 1.28 bits per heavy atom. The van der Waals surface area contributed by atoms with E-state index in [0.717, 1.165) is 50.6 Å². The Morgan fingerprint density at radius 2 is 2.16 bits per heavy atom. The zero-order valence-corrected chi connectivity index (χ0v) is 14.9. The fourth-order valence-corrected chi connectivity index (χ4v) is 3.02. The summed E-state index contributed by atoms with van der Waals surface area (Å²) >= 11 is 0. The van der Waals surface area contributed by atoms with E-state index < -0.39 is 0 Å². The van der Waals surface area contributed by atoms with Gasteiger partial charge in [-0.25, -0.2) is 9.37 Å². The molecule has 1 fully saturated rings. The van der Waals surface area contributed by atoms with Gasteiger partial charge in [0.1, 0.15) is 11.6 Å². The third-order valence-corrected chi connectivity index (χ3v) is 4.42. The van der Waals surface area contributed by atoms with E-state index in [0.29, 0.717) is 0 Å². The highest BCUT2D eigenvalue weighted by atomic mass is 19.1. The van der Waals surface area contributed by atoms with E-state index >= 15 is 0 Å². The zero-order chi connectivity index (χ0) is 17.6. The molecule has 2 aromatic heterocycles. The van der Waals surface area contributed by atoms with E-state index in [9.17, 15) is 4.39 Å². The van der Waals surface area contributed by atoms with Crippen molar-refractivity contribution in [1.82, 2.24) is 14.9 Å². The maximum absolute atomic E-state index is 13.0. The van der Waals surface area contributed by atoms with Crippen molar-refractivity contribution in [3.63, 3.8) is 0 Å². The molecule has 1 saturated heterocycles. The van der Waals surface area contributed by atoms with Crippen molar-refractivity contribution < 1.29 is 9.13 Å². The summed E-state index contributed by atoms with van der Waals surface area (Å²) in [7, 11) is 4.00. The molecule has 6 heteroatoms. The van der Waals surface area contributed by atoms with Crippen LogP contribution in [0.15, 0.2) is 36.7 Å². The SMILES string of the molecule is CN(C)c1cc(CC[C@@H]2CN(Cc3ccc(F)cn3)CCO2)ccn1. The number of nitrogens with zero attached hydrogens (tertiary/aromatic N) is 4. The molecule has 134 valence electrons. The van der Waals surface area contributed by atoms with Crippen LogP contribution in [0.2, 0.25) is 0 Å². The van der Waals surface area contributed by atoms with E-state index in [2.05, 4.69) is 27.0 Å². The average Bonchev–Trinajstić information content (AvgIpc) is 2.62. The second kappa shape index (κ2) is 8.36. The summed E-state index contributed by atoms with van der Waals surface area (Å²) in [4.78, 5) is 12.8.